The highest BCUT2D eigenvalue weighted by molar-refractivity contribution is 7.89. The van der Waals surface area contributed by atoms with Gasteiger partial charge in [0.25, 0.3) is 10.0 Å². The van der Waals surface area contributed by atoms with Crippen molar-refractivity contribution in [3.63, 3.8) is 0 Å². The normalized spacial score (nSPS) is 11.7. The molecule has 2 aromatic heterocycles. The molecule has 0 aliphatic carbocycles. The molecule has 106 valence electrons. The highest BCUT2D eigenvalue weighted by Crippen LogP contribution is 2.17. The van der Waals surface area contributed by atoms with Crippen LogP contribution in [0.25, 0.3) is 0 Å². The largest absolute Gasteiger partial charge is 0.440 e. The molecule has 0 unspecified atom stereocenters. The number of furan rings is 1. The Kier molecular flexibility index (Phi) is 4.31. The standard InChI is InChI=1S/C13H14N2O4S/c1-15(9-7-11-4-2-3-8-14-11)20(17,18)13-6-5-12(10-16)19-13/h2-6,8,10H,7,9H2,1H3. The molecule has 0 N–H and O–H groups in total. The number of aromatic nitrogens is 1. The first-order valence-corrected chi connectivity index (χ1v) is 7.39. The van der Waals surface area contributed by atoms with Crippen molar-refractivity contribution in [1.82, 2.24) is 9.29 Å². The van der Waals surface area contributed by atoms with Crippen LogP contribution in [0.1, 0.15) is 16.2 Å². The maximum Gasteiger partial charge on any atom is 0.276 e. The lowest BCUT2D eigenvalue weighted by Gasteiger charge is -2.14. The summed E-state index contributed by atoms with van der Waals surface area (Å²) in [6, 6.07) is 8.08. The van der Waals surface area contributed by atoms with Crippen molar-refractivity contribution in [1.29, 1.82) is 0 Å². The molecule has 0 bridgehead atoms. The monoisotopic (exact) mass is 294 g/mol. The molecule has 2 aromatic rings. The molecule has 0 saturated carbocycles. The van der Waals surface area contributed by atoms with Crippen LogP contribution in [0.3, 0.4) is 0 Å². The quantitative estimate of drug-likeness (QED) is 0.751. The summed E-state index contributed by atoms with van der Waals surface area (Å²) in [5.74, 6) is -0.0123. The van der Waals surface area contributed by atoms with Crippen LogP contribution in [-0.2, 0) is 16.4 Å². The number of nitrogens with zero attached hydrogens (tertiary/aromatic N) is 2. The van der Waals surface area contributed by atoms with E-state index in [1.807, 2.05) is 12.1 Å². The SMILES string of the molecule is CN(CCc1ccccn1)S(=O)(=O)c1ccc(C=O)o1. The number of aldehydes is 1. The van der Waals surface area contributed by atoms with Gasteiger partial charge in [-0.15, -0.1) is 0 Å². The molecule has 0 aromatic carbocycles. The Morgan fingerprint density at radius 3 is 2.70 bits per heavy atom. The Morgan fingerprint density at radius 1 is 1.30 bits per heavy atom. The third-order valence-electron chi connectivity index (χ3n) is 2.79. The second-order valence-electron chi connectivity index (χ2n) is 4.17. The van der Waals surface area contributed by atoms with Crippen molar-refractivity contribution >= 4 is 16.3 Å². The van der Waals surface area contributed by atoms with Gasteiger partial charge in [-0.05, 0) is 24.3 Å². The molecule has 2 rings (SSSR count). The van der Waals surface area contributed by atoms with Crippen LogP contribution in [-0.4, -0.2) is 37.6 Å². The molecule has 7 heteroatoms. The minimum absolute atomic E-state index is 0.0123. The second-order valence-corrected chi connectivity index (χ2v) is 6.15. The lowest BCUT2D eigenvalue weighted by atomic mass is 10.3. The van der Waals surface area contributed by atoms with E-state index in [0.717, 1.165) is 5.69 Å². The van der Waals surface area contributed by atoms with Crippen molar-refractivity contribution in [2.24, 2.45) is 0 Å². The maximum absolute atomic E-state index is 12.2. The summed E-state index contributed by atoms with van der Waals surface area (Å²) >= 11 is 0. The fourth-order valence-corrected chi connectivity index (χ4v) is 2.71. The number of hydrogen-bond donors (Lipinski definition) is 0. The fraction of sp³-hybridized carbons (Fsp3) is 0.231. The molecule has 0 amide bonds. The number of likely N-dealkylation sites (N-methyl/N-ethyl adjacent to an activating group) is 1. The maximum atomic E-state index is 12.2. The number of carbonyl (C=O) groups is 1. The average Bonchev–Trinajstić information content (AvgIpc) is 2.95. The van der Waals surface area contributed by atoms with Gasteiger partial charge >= 0.3 is 0 Å². The molecule has 0 saturated heterocycles. The number of hydrogen-bond acceptors (Lipinski definition) is 5. The minimum Gasteiger partial charge on any atom is -0.440 e. The molecule has 0 aliphatic heterocycles. The Labute approximate surface area is 117 Å². The first-order valence-electron chi connectivity index (χ1n) is 5.95. The van der Waals surface area contributed by atoms with Gasteiger partial charge < -0.3 is 4.42 Å². The van der Waals surface area contributed by atoms with Gasteiger partial charge in [-0.2, -0.15) is 4.31 Å². The molecular formula is C13H14N2O4S. The van der Waals surface area contributed by atoms with Crippen LogP contribution in [0.15, 0.2) is 46.0 Å². The highest BCUT2D eigenvalue weighted by Gasteiger charge is 2.24. The average molecular weight is 294 g/mol. The van der Waals surface area contributed by atoms with Gasteiger partial charge in [-0.1, -0.05) is 6.07 Å². The Hall–Kier alpha value is -1.99. The van der Waals surface area contributed by atoms with Crippen molar-refractivity contribution in [2.75, 3.05) is 13.6 Å². The number of sulfonamides is 1. The highest BCUT2D eigenvalue weighted by atomic mass is 32.2. The first kappa shape index (κ1) is 14.4. The van der Waals surface area contributed by atoms with Crippen molar-refractivity contribution in [3.05, 3.63) is 48.0 Å². The van der Waals surface area contributed by atoms with E-state index in [4.69, 9.17) is 4.42 Å². The molecule has 2 heterocycles. The van der Waals surface area contributed by atoms with Gasteiger partial charge in [0.1, 0.15) is 0 Å². The van der Waals surface area contributed by atoms with Crippen molar-refractivity contribution < 1.29 is 17.6 Å². The minimum atomic E-state index is -3.72. The number of rotatable bonds is 6. The first-order chi connectivity index (χ1) is 9.54. The summed E-state index contributed by atoms with van der Waals surface area (Å²) < 4.78 is 30.5. The van der Waals surface area contributed by atoms with E-state index < -0.39 is 10.0 Å². The smallest absolute Gasteiger partial charge is 0.276 e. The third kappa shape index (κ3) is 3.12. The van der Waals surface area contributed by atoms with E-state index in [2.05, 4.69) is 4.98 Å². The van der Waals surface area contributed by atoms with Crippen LogP contribution in [0.5, 0.6) is 0 Å². The van der Waals surface area contributed by atoms with E-state index in [0.29, 0.717) is 12.7 Å². The summed E-state index contributed by atoms with van der Waals surface area (Å²) in [5.41, 5.74) is 0.808. The van der Waals surface area contributed by atoms with Crippen LogP contribution < -0.4 is 0 Å². The summed E-state index contributed by atoms with van der Waals surface area (Å²) in [6.45, 7) is 0.274. The summed E-state index contributed by atoms with van der Waals surface area (Å²) in [7, 11) is -2.26. The molecule has 0 aliphatic rings. The van der Waals surface area contributed by atoms with E-state index >= 15 is 0 Å². The fourth-order valence-electron chi connectivity index (χ4n) is 1.63. The molecule has 0 fully saturated rings. The van der Waals surface area contributed by atoms with Gasteiger partial charge in [0.2, 0.25) is 5.09 Å². The zero-order valence-corrected chi connectivity index (χ0v) is 11.7. The zero-order chi connectivity index (χ0) is 14.6. The number of pyridine rings is 1. The molecule has 20 heavy (non-hydrogen) atoms. The summed E-state index contributed by atoms with van der Waals surface area (Å²) in [6.07, 6.45) is 2.62. The lowest BCUT2D eigenvalue weighted by molar-refractivity contribution is 0.109. The third-order valence-corrected chi connectivity index (χ3v) is 4.52. The Balaban J connectivity index is 2.07. The van der Waals surface area contributed by atoms with Gasteiger partial charge in [-0.25, -0.2) is 8.42 Å². The van der Waals surface area contributed by atoms with Gasteiger partial charge in [0.15, 0.2) is 12.0 Å². The molecule has 0 atom stereocenters. The number of carbonyl (C=O) groups excluding carboxylic acids is 1. The predicted octanol–water partition coefficient (Wildman–Crippen LogP) is 1.35. The predicted molar refractivity (Wildman–Crippen MR) is 71.9 cm³/mol. The van der Waals surface area contributed by atoms with Crippen LogP contribution >= 0.6 is 0 Å². The Bertz CT molecular complexity index is 679. The van der Waals surface area contributed by atoms with Gasteiger partial charge in [0.05, 0.1) is 0 Å². The van der Waals surface area contributed by atoms with Crippen LogP contribution in [0.4, 0.5) is 0 Å². The second kappa shape index (κ2) is 5.98. The molecule has 0 radical (unpaired) electrons. The molecular weight excluding hydrogens is 280 g/mol. The van der Waals surface area contributed by atoms with Crippen LogP contribution in [0.2, 0.25) is 0 Å². The van der Waals surface area contributed by atoms with E-state index in [9.17, 15) is 13.2 Å². The van der Waals surface area contributed by atoms with Crippen molar-refractivity contribution in [2.45, 2.75) is 11.5 Å². The summed E-state index contributed by atoms with van der Waals surface area (Å²) in [5, 5.41) is -0.233. The summed E-state index contributed by atoms with van der Waals surface area (Å²) in [4.78, 5) is 14.6. The molecule has 0 spiro atoms. The van der Waals surface area contributed by atoms with E-state index in [1.54, 1.807) is 12.3 Å². The molecule has 6 nitrogen and oxygen atoms in total. The van der Waals surface area contributed by atoms with E-state index in [-0.39, 0.29) is 17.4 Å². The zero-order valence-electron chi connectivity index (χ0n) is 10.9. The topological polar surface area (TPSA) is 80.5 Å². The van der Waals surface area contributed by atoms with E-state index in [1.165, 1.54) is 23.5 Å². The van der Waals surface area contributed by atoms with Gasteiger partial charge in [-0.3, -0.25) is 9.78 Å². The van der Waals surface area contributed by atoms with Crippen molar-refractivity contribution in [3.8, 4) is 0 Å². The Morgan fingerprint density at radius 2 is 2.10 bits per heavy atom. The lowest BCUT2D eigenvalue weighted by Crippen LogP contribution is -2.28. The van der Waals surface area contributed by atoms with Crippen LogP contribution in [0, 0.1) is 0 Å². The van der Waals surface area contributed by atoms with Gasteiger partial charge in [0, 0.05) is 31.9 Å².